The van der Waals surface area contributed by atoms with Gasteiger partial charge >= 0.3 is 0 Å². The molecule has 0 radical (unpaired) electrons. The fraction of sp³-hybridized carbons (Fsp3) is 0.0222. The first-order chi connectivity index (χ1) is 22.8. The molecule has 0 unspecified atom stereocenters. The first-order valence-electron chi connectivity index (χ1n) is 15.9. The van der Waals surface area contributed by atoms with Crippen LogP contribution in [0.5, 0.6) is 0 Å². The quantitative estimate of drug-likeness (QED) is 0.182. The van der Waals surface area contributed by atoms with Crippen molar-refractivity contribution >= 4 is 29.2 Å². The zero-order valence-corrected chi connectivity index (χ0v) is 25.3. The summed E-state index contributed by atoms with van der Waals surface area (Å²) < 4.78 is 0. The number of rotatable bonds is 5. The number of nitrogens with zero attached hydrogens (tertiary/aromatic N) is 1. The molecule has 7 aromatic rings. The van der Waals surface area contributed by atoms with E-state index in [0.29, 0.717) is 0 Å². The smallest absolute Gasteiger partial charge is 0.0726 e. The minimum Gasteiger partial charge on any atom is -0.310 e. The van der Waals surface area contributed by atoms with Crippen LogP contribution in [-0.2, 0) is 5.41 Å². The van der Waals surface area contributed by atoms with Crippen molar-refractivity contribution in [3.63, 3.8) is 0 Å². The Hall–Kier alpha value is -5.92. The fourth-order valence-electron chi connectivity index (χ4n) is 7.74. The highest BCUT2D eigenvalue weighted by Gasteiger charge is 2.51. The van der Waals surface area contributed by atoms with Crippen molar-refractivity contribution < 1.29 is 0 Å². The van der Waals surface area contributed by atoms with Crippen LogP contribution in [0.1, 0.15) is 33.4 Å². The van der Waals surface area contributed by atoms with Gasteiger partial charge in [-0.1, -0.05) is 152 Å². The lowest BCUT2D eigenvalue weighted by Crippen LogP contribution is -2.26. The number of fused-ring (bicyclic) bond motifs is 10. The third-order valence-electron chi connectivity index (χ3n) is 9.67. The normalized spacial score (nSPS) is 13.3. The third kappa shape index (κ3) is 3.95. The van der Waals surface area contributed by atoms with Gasteiger partial charge in [0.05, 0.1) is 5.41 Å². The molecule has 0 heterocycles. The molecule has 0 bridgehead atoms. The van der Waals surface area contributed by atoms with E-state index in [1.807, 2.05) is 6.07 Å². The molecule has 0 N–H and O–H groups in total. The molecule has 0 atom stereocenters. The van der Waals surface area contributed by atoms with E-state index in [0.717, 1.165) is 17.1 Å². The minimum atomic E-state index is -0.371. The van der Waals surface area contributed by atoms with Gasteiger partial charge in [0, 0.05) is 17.1 Å². The molecule has 46 heavy (non-hydrogen) atoms. The minimum absolute atomic E-state index is 0.371. The molecule has 0 aromatic heterocycles. The van der Waals surface area contributed by atoms with Gasteiger partial charge in [-0.25, -0.2) is 0 Å². The summed E-state index contributed by atoms with van der Waals surface area (Å²) in [7, 11) is 0. The lowest BCUT2D eigenvalue weighted by molar-refractivity contribution is 0.793. The maximum Gasteiger partial charge on any atom is 0.0726 e. The maximum atomic E-state index is 2.45. The van der Waals surface area contributed by atoms with Crippen molar-refractivity contribution in [3.8, 4) is 22.3 Å². The average Bonchev–Trinajstić information content (AvgIpc) is 3.60. The Balaban J connectivity index is 1.23. The van der Waals surface area contributed by atoms with Crippen LogP contribution in [0.4, 0.5) is 17.1 Å². The van der Waals surface area contributed by atoms with Gasteiger partial charge < -0.3 is 4.90 Å². The molecule has 7 aromatic carbocycles. The van der Waals surface area contributed by atoms with Crippen LogP contribution in [0.2, 0.25) is 0 Å². The summed E-state index contributed by atoms with van der Waals surface area (Å²) in [6.07, 6.45) is 4.34. The first kappa shape index (κ1) is 26.5. The third-order valence-corrected chi connectivity index (χ3v) is 9.67. The molecule has 0 saturated carbocycles. The van der Waals surface area contributed by atoms with Gasteiger partial charge in [-0.3, -0.25) is 0 Å². The highest BCUT2D eigenvalue weighted by molar-refractivity contribution is 5.96. The second kappa shape index (κ2) is 10.6. The molecule has 9 rings (SSSR count). The zero-order chi connectivity index (χ0) is 30.5. The molecule has 1 spiro atoms. The average molecular weight is 586 g/mol. The Morgan fingerprint density at radius 2 is 0.739 bits per heavy atom. The molecule has 0 aliphatic heterocycles. The number of hydrogen-bond donors (Lipinski definition) is 0. The topological polar surface area (TPSA) is 3.24 Å². The Kier molecular flexibility index (Phi) is 6.11. The van der Waals surface area contributed by atoms with Gasteiger partial charge in [-0.15, -0.1) is 0 Å². The molecule has 1 heteroatoms. The SMILES string of the molecule is C(=Cc1ccc(N(c2ccccc2)c2ccc3c(c2)C2(c4ccccc4-c4ccccc42)c2ccccc2-3)cc1)c1ccccc1. The van der Waals surface area contributed by atoms with Crippen LogP contribution in [0, 0.1) is 0 Å². The summed E-state index contributed by atoms with van der Waals surface area (Å²) in [6, 6.07) is 64.1. The van der Waals surface area contributed by atoms with Crippen molar-refractivity contribution in [2.45, 2.75) is 5.41 Å². The van der Waals surface area contributed by atoms with Crippen molar-refractivity contribution in [1.29, 1.82) is 0 Å². The van der Waals surface area contributed by atoms with Gasteiger partial charge in [0.25, 0.3) is 0 Å². The van der Waals surface area contributed by atoms with Gasteiger partial charge in [-0.2, -0.15) is 0 Å². The summed E-state index contributed by atoms with van der Waals surface area (Å²) >= 11 is 0. The Morgan fingerprint density at radius 1 is 0.326 bits per heavy atom. The predicted octanol–water partition coefficient (Wildman–Crippen LogP) is 11.7. The highest BCUT2D eigenvalue weighted by Crippen LogP contribution is 2.63. The number of benzene rings is 7. The highest BCUT2D eigenvalue weighted by atomic mass is 15.1. The zero-order valence-electron chi connectivity index (χ0n) is 25.3. The molecule has 2 aliphatic rings. The Morgan fingerprint density at radius 3 is 1.30 bits per heavy atom. The van der Waals surface area contributed by atoms with Crippen LogP contribution in [0.15, 0.2) is 176 Å². The fourth-order valence-corrected chi connectivity index (χ4v) is 7.74. The van der Waals surface area contributed by atoms with E-state index >= 15 is 0 Å². The van der Waals surface area contributed by atoms with E-state index in [2.05, 4.69) is 187 Å². The van der Waals surface area contributed by atoms with Crippen molar-refractivity contribution in [2.24, 2.45) is 0 Å². The second-order valence-electron chi connectivity index (χ2n) is 12.1. The van der Waals surface area contributed by atoms with Gasteiger partial charge in [0.2, 0.25) is 0 Å². The lowest BCUT2D eigenvalue weighted by Gasteiger charge is -2.32. The van der Waals surface area contributed by atoms with E-state index in [9.17, 15) is 0 Å². The monoisotopic (exact) mass is 585 g/mol. The standard InChI is InChI=1S/C45H31N/c1-3-13-32(14-4-1)23-24-33-25-27-35(28-26-33)46(34-15-5-2-6-16-34)36-29-30-40-39-19-9-12-22-43(39)45(44(40)31-36)41-20-10-7-17-37(41)38-18-8-11-21-42(38)45/h1-31H. The summed E-state index contributed by atoms with van der Waals surface area (Å²) in [5.74, 6) is 0. The molecular formula is C45H31N. The maximum absolute atomic E-state index is 2.45. The van der Waals surface area contributed by atoms with Gasteiger partial charge in [0.1, 0.15) is 0 Å². The number of para-hydroxylation sites is 1. The second-order valence-corrected chi connectivity index (χ2v) is 12.1. The number of anilines is 3. The van der Waals surface area contributed by atoms with Crippen LogP contribution < -0.4 is 4.90 Å². The van der Waals surface area contributed by atoms with Gasteiger partial charge in [-0.05, 0) is 92.0 Å². The molecule has 0 saturated heterocycles. The van der Waals surface area contributed by atoms with E-state index in [4.69, 9.17) is 0 Å². The van der Waals surface area contributed by atoms with E-state index in [1.165, 1.54) is 55.6 Å². The van der Waals surface area contributed by atoms with Crippen LogP contribution >= 0.6 is 0 Å². The van der Waals surface area contributed by atoms with Crippen molar-refractivity contribution in [1.82, 2.24) is 0 Å². The Bertz CT molecular complexity index is 2180. The van der Waals surface area contributed by atoms with Crippen molar-refractivity contribution in [3.05, 3.63) is 209 Å². The van der Waals surface area contributed by atoms with Crippen LogP contribution in [-0.4, -0.2) is 0 Å². The molecular weight excluding hydrogens is 555 g/mol. The van der Waals surface area contributed by atoms with Gasteiger partial charge in [0.15, 0.2) is 0 Å². The van der Waals surface area contributed by atoms with Crippen LogP contribution in [0.25, 0.3) is 34.4 Å². The largest absolute Gasteiger partial charge is 0.310 e. The van der Waals surface area contributed by atoms with Crippen LogP contribution in [0.3, 0.4) is 0 Å². The lowest BCUT2D eigenvalue weighted by atomic mass is 9.70. The Labute approximate surface area is 270 Å². The van der Waals surface area contributed by atoms with E-state index < -0.39 is 0 Å². The summed E-state index contributed by atoms with van der Waals surface area (Å²) in [5, 5.41) is 0. The molecule has 1 nitrogen and oxygen atoms in total. The molecule has 0 amide bonds. The summed E-state index contributed by atoms with van der Waals surface area (Å²) in [5.41, 5.74) is 16.1. The van der Waals surface area contributed by atoms with Crippen molar-refractivity contribution in [2.75, 3.05) is 4.90 Å². The first-order valence-corrected chi connectivity index (χ1v) is 15.9. The predicted molar refractivity (Wildman–Crippen MR) is 193 cm³/mol. The number of hydrogen-bond acceptors (Lipinski definition) is 1. The summed E-state index contributed by atoms with van der Waals surface area (Å²) in [4.78, 5) is 2.38. The van der Waals surface area contributed by atoms with E-state index in [1.54, 1.807) is 0 Å². The summed E-state index contributed by atoms with van der Waals surface area (Å²) in [6.45, 7) is 0. The molecule has 0 fully saturated rings. The molecule has 2 aliphatic carbocycles. The molecule has 216 valence electrons. The van der Waals surface area contributed by atoms with E-state index in [-0.39, 0.29) is 5.41 Å².